The highest BCUT2D eigenvalue weighted by Gasteiger charge is 2.51. The SMILES string of the molecule is CO[Si](CC1CCCC(OC(=O)C(CC2CCCCC2)N2C(=O)c3cc(Oc4ccc(C(C)C)cc4C)c4c5c(Oc6ccc(C(C)C)cc6C)cc6c7c(cc(Oc8ccc(C(C)C)cc8C)c(c8c(Oc9ccc(C(C)C)cc9C)cc(c3c48)C2=O)c75)C(=O)N(C(CC2CCCCC2)C(=O)OC2CCCC(C[Si](OC)(OC)OC)C2)C6=O)C1)(OC)OC. The summed E-state index contributed by atoms with van der Waals surface area (Å²) in [6, 6.07) is 29.3. The third-order valence-electron chi connectivity index (χ3n) is 28.0. The number of hydrogen-bond donors (Lipinski definition) is 0. The van der Waals surface area contributed by atoms with Crippen LogP contribution in [0.2, 0.25) is 12.1 Å². The minimum atomic E-state index is -3.07. The van der Waals surface area contributed by atoms with Crippen LogP contribution >= 0.6 is 0 Å². The molecule has 0 aromatic heterocycles. The van der Waals surface area contributed by atoms with Gasteiger partial charge in [0.25, 0.3) is 23.6 Å². The van der Waals surface area contributed by atoms with Gasteiger partial charge in [0, 0.05) is 97.8 Å². The van der Waals surface area contributed by atoms with Gasteiger partial charge >= 0.3 is 29.5 Å². The van der Waals surface area contributed by atoms with Crippen molar-refractivity contribution < 1.29 is 83.7 Å². The Morgan fingerprint density at radius 3 is 0.823 bits per heavy atom. The molecule has 9 aromatic carbocycles. The molecule has 0 spiro atoms. The lowest BCUT2D eigenvalue weighted by molar-refractivity contribution is -0.157. The number of benzene rings is 9. The summed E-state index contributed by atoms with van der Waals surface area (Å²) in [5.74, 6) is -1.30. The maximum atomic E-state index is 17.2. The predicted octanol–water partition coefficient (Wildman–Crippen LogP) is 24.5. The van der Waals surface area contributed by atoms with Gasteiger partial charge in [-0.25, -0.2) is 9.59 Å². The van der Waals surface area contributed by atoms with E-state index >= 15 is 28.8 Å². The standard InChI is InChI=1S/C102H126N2O18Si2/c1-57(2)69-35-39-81(61(9)43-69)119-85-51-75-89-76(98(106)103(97(75)105)79(49-65-27-21-19-22-28-65)101(109)117-73-33-25-31-67(47-73)55-123(111-13,112-14)113-15)53-87(121-83-41-37-71(59(5)6)45-63(83)11)93-94-88(122-84-42-38-72(60(7)8)46-64(84)12)54-78-90-77(52-86(92(96(90)94)91(85)95(89)93)120-82-40-36-70(58(3)4)44-62(82)10)99(107)104(100(78)108)80(50-66-29-23-20-24-30-66)102(110)118-74-34-26-32-68(48-74)56-124(114-16,115-17)116-18/h35-46,51-54,57-60,65-68,73-74,79-80H,19-34,47-50,55-56H2,1-18H3. The molecule has 4 saturated carbocycles. The van der Waals surface area contributed by atoms with Gasteiger partial charge in [0.05, 0.1) is 22.3 Å². The van der Waals surface area contributed by atoms with Gasteiger partial charge in [-0.2, -0.15) is 0 Å². The third-order valence-corrected chi connectivity index (χ3v) is 33.9. The molecule has 124 heavy (non-hydrogen) atoms. The first-order chi connectivity index (χ1) is 59.5. The molecule has 4 amide bonds. The molecule has 4 aliphatic carbocycles. The van der Waals surface area contributed by atoms with Gasteiger partial charge in [0.2, 0.25) is 0 Å². The van der Waals surface area contributed by atoms with Gasteiger partial charge in [-0.15, -0.1) is 0 Å². The molecule has 0 radical (unpaired) electrons. The van der Waals surface area contributed by atoms with Crippen molar-refractivity contribution in [2.45, 2.75) is 272 Å². The van der Waals surface area contributed by atoms with Crippen molar-refractivity contribution in [2.75, 3.05) is 42.7 Å². The summed E-state index contributed by atoms with van der Waals surface area (Å²) in [5.41, 5.74) is 7.65. The van der Waals surface area contributed by atoms with Crippen LogP contribution < -0.4 is 18.9 Å². The number of rotatable bonds is 32. The molecular formula is C102H126N2O18Si2. The molecule has 6 aliphatic rings. The summed E-state index contributed by atoms with van der Waals surface area (Å²) in [4.78, 5) is 103. The quantitative estimate of drug-likeness (QED) is 0.0126. The lowest BCUT2D eigenvalue weighted by atomic mass is 9.79. The van der Waals surface area contributed by atoms with Crippen molar-refractivity contribution in [1.82, 2.24) is 9.80 Å². The summed E-state index contributed by atoms with van der Waals surface area (Å²) in [6.07, 6.45) is 13.5. The molecule has 6 atom stereocenters. The molecule has 20 nitrogen and oxygen atoms in total. The average Bonchev–Trinajstić information content (AvgIpc) is 0.668. The average molecular weight is 1720 g/mol. The van der Waals surface area contributed by atoms with E-state index in [1.807, 2.05) is 76.2 Å². The molecule has 660 valence electrons. The van der Waals surface area contributed by atoms with Crippen LogP contribution in [-0.4, -0.2) is 130 Å². The van der Waals surface area contributed by atoms with Gasteiger partial charge in [-0.3, -0.25) is 29.0 Å². The lowest BCUT2D eigenvalue weighted by Crippen LogP contribution is -2.52. The molecule has 15 rings (SSSR count). The zero-order valence-electron chi connectivity index (χ0n) is 76.0. The molecular weight excluding hydrogens is 1600 g/mol. The third kappa shape index (κ3) is 17.7. The first kappa shape index (κ1) is 89.7. The van der Waals surface area contributed by atoms with Gasteiger partial charge in [-0.1, -0.05) is 181 Å². The van der Waals surface area contributed by atoms with E-state index in [1.165, 1.54) is 0 Å². The summed E-state index contributed by atoms with van der Waals surface area (Å²) < 4.78 is 79.8. The van der Waals surface area contributed by atoms with Crippen molar-refractivity contribution in [3.63, 3.8) is 0 Å². The first-order valence-electron chi connectivity index (χ1n) is 45.5. The Morgan fingerprint density at radius 1 is 0.323 bits per heavy atom. The second kappa shape index (κ2) is 37.4. The second-order valence-corrected chi connectivity index (χ2v) is 43.5. The van der Waals surface area contributed by atoms with Gasteiger partial charge in [-0.05, 0) is 219 Å². The van der Waals surface area contributed by atoms with Gasteiger partial charge < -0.3 is 55.0 Å². The largest absolute Gasteiger partial charge is 0.500 e. The first-order valence-corrected chi connectivity index (χ1v) is 49.4. The highest BCUT2D eigenvalue weighted by Crippen LogP contribution is 2.59. The lowest BCUT2D eigenvalue weighted by Gasteiger charge is -2.38. The fourth-order valence-electron chi connectivity index (χ4n) is 20.8. The Labute approximate surface area is 733 Å². The number of esters is 2. The van der Waals surface area contributed by atoms with Crippen molar-refractivity contribution in [1.29, 1.82) is 0 Å². The van der Waals surface area contributed by atoms with Gasteiger partial charge in [0.1, 0.15) is 70.3 Å². The number of carbonyl (C=O) groups excluding carboxylic acids is 6. The van der Waals surface area contributed by atoms with Crippen molar-refractivity contribution in [3.05, 3.63) is 164 Å². The Bertz CT molecular complexity index is 4940. The Kier molecular flexibility index (Phi) is 27.1. The fourth-order valence-corrected chi connectivity index (χ4v) is 25.0. The number of fused-ring (bicyclic) bond motifs is 2. The predicted molar refractivity (Wildman–Crippen MR) is 487 cm³/mol. The molecule has 0 N–H and O–H groups in total. The summed E-state index contributed by atoms with van der Waals surface area (Å²) in [7, 11) is 3.47. The van der Waals surface area contributed by atoms with Crippen molar-refractivity contribution in [2.24, 2.45) is 23.7 Å². The zero-order valence-corrected chi connectivity index (χ0v) is 78.0. The summed E-state index contributed by atoms with van der Waals surface area (Å²) in [6.45, 7) is 25.0. The maximum absolute atomic E-state index is 17.2. The number of aryl methyl sites for hydroxylation is 4. The van der Waals surface area contributed by atoms with Crippen molar-refractivity contribution in [3.8, 4) is 46.0 Å². The Morgan fingerprint density at radius 2 is 0.581 bits per heavy atom. The van der Waals surface area contributed by atoms with E-state index in [1.54, 1.807) is 66.9 Å². The molecule has 4 fully saturated rings. The number of carbonyl (C=O) groups is 6. The van der Waals surface area contributed by atoms with E-state index in [-0.39, 0.29) is 116 Å². The van der Waals surface area contributed by atoms with E-state index in [4.69, 9.17) is 55.0 Å². The van der Waals surface area contributed by atoms with Crippen LogP contribution in [0.4, 0.5) is 0 Å². The van der Waals surface area contributed by atoms with E-state index in [0.717, 1.165) is 144 Å². The number of nitrogens with zero attached hydrogens (tertiary/aromatic N) is 2. The summed E-state index contributed by atoms with van der Waals surface area (Å²) in [5, 5.41) is 2.56. The van der Waals surface area contributed by atoms with Crippen LogP contribution in [0.25, 0.3) is 43.1 Å². The normalized spacial score (nSPS) is 19.4. The van der Waals surface area contributed by atoms with Crippen LogP contribution in [0.3, 0.4) is 0 Å². The van der Waals surface area contributed by atoms with Crippen molar-refractivity contribution >= 4 is 96.3 Å². The number of amides is 4. The minimum Gasteiger partial charge on any atom is -0.461 e. The highest BCUT2D eigenvalue weighted by atomic mass is 28.4. The van der Waals surface area contributed by atoms with E-state index in [9.17, 15) is 0 Å². The second-order valence-electron chi connectivity index (χ2n) is 37.5. The van der Waals surface area contributed by atoms with Crippen LogP contribution in [0, 0.1) is 51.4 Å². The molecule has 2 aliphatic heterocycles. The number of imide groups is 2. The number of hydrogen-bond acceptors (Lipinski definition) is 18. The minimum absolute atomic E-state index is 0.0311. The van der Waals surface area contributed by atoms with E-state index in [2.05, 4.69) is 79.7 Å². The van der Waals surface area contributed by atoms with E-state index in [0.29, 0.717) is 93.1 Å². The highest BCUT2D eigenvalue weighted by molar-refractivity contribution is 6.61. The maximum Gasteiger partial charge on any atom is 0.500 e. The topological polar surface area (TPSA) is 220 Å². The monoisotopic (exact) mass is 1720 g/mol. The zero-order chi connectivity index (χ0) is 88.1. The van der Waals surface area contributed by atoms with Crippen LogP contribution in [0.1, 0.15) is 293 Å². The van der Waals surface area contributed by atoms with Crippen LogP contribution in [0.5, 0.6) is 46.0 Å². The molecule has 6 unspecified atom stereocenters. The number of ether oxygens (including phenoxy) is 6. The molecule has 0 bridgehead atoms. The fraction of sp³-hybridized carbons (Fsp3) is 0.510. The van der Waals surface area contributed by atoms with Crippen LogP contribution in [-0.2, 0) is 45.6 Å². The Balaban J connectivity index is 1.04. The van der Waals surface area contributed by atoms with E-state index < -0.39 is 77.5 Å². The molecule has 0 saturated heterocycles. The summed E-state index contributed by atoms with van der Waals surface area (Å²) >= 11 is 0. The molecule has 2 heterocycles. The smallest absolute Gasteiger partial charge is 0.461 e. The van der Waals surface area contributed by atoms with Crippen LogP contribution in [0.15, 0.2) is 97.1 Å². The Hall–Kier alpha value is -9.11. The van der Waals surface area contributed by atoms with Gasteiger partial charge in [0.15, 0.2) is 0 Å². The molecule has 22 heteroatoms. The molecule has 9 aromatic rings.